The van der Waals surface area contributed by atoms with Gasteiger partial charge in [-0.05, 0) is 24.6 Å². The molecule has 0 aliphatic carbocycles. The van der Waals surface area contributed by atoms with Crippen molar-refractivity contribution in [2.24, 2.45) is 0 Å². The Kier molecular flexibility index (Phi) is 5.41. The summed E-state index contributed by atoms with van der Waals surface area (Å²) in [6, 6.07) is 4.21. The number of ether oxygens (including phenoxy) is 1. The Bertz CT molecular complexity index is 394. The van der Waals surface area contributed by atoms with Crippen molar-refractivity contribution < 1.29 is 13.9 Å². The van der Waals surface area contributed by atoms with Crippen molar-refractivity contribution in [1.82, 2.24) is 5.32 Å². The average molecular weight is 304 g/mol. The maximum absolute atomic E-state index is 13.4. The average Bonchev–Trinajstić information content (AvgIpc) is 2.35. The Labute approximate surface area is 108 Å². The molecule has 1 atom stereocenters. The van der Waals surface area contributed by atoms with E-state index in [2.05, 4.69) is 21.2 Å². The van der Waals surface area contributed by atoms with Crippen molar-refractivity contribution in [1.29, 1.82) is 0 Å². The molecule has 0 spiro atoms. The van der Waals surface area contributed by atoms with Crippen LogP contribution in [0.1, 0.15) is 23.7 Å². The molecule has 0 saturated heterocycles. The number of hydrogen-bond donors (Lipinski definition) is 1. The molecular formula is C12H15BrFNO2. The number of carbonyl (C=O) groups is 1. The molecule has 0 saturated carbocycles. The van der Waals surface area contributed by atoms with Crippen molar-refractivity contribution in [3.63, 3.8) is 0 Å². The summed E-state index contributed by atoms with van der Waals surface area (Å²) in [4.78, 5) is 11.8. The third kappa shape index (κ3) is 3.70. The van der Waals surface area contributed by atoms with E-state index in [0.29, 0.717) is 10.9 Å². The quantitative estimate of drug-likeness (QED) is 0.850. The first-order chi connectivity index (χ1) is 8.12. The molecule has 0 aliphatic rings. The van der Waals surface area contributed by atoms with E-state index in [9.17, 15) is 9.18 Å². The Hall–Kier alpha value is -1.10. The number of hydrogen-bond acceptors (Lipinski definition) is 2. The first-order valence-electron chi connectivity index (χ1n) is 5.32. The van der Waals surface area contributed by atoms with E-state index in [0.717, 1.165) is 6.42 Å². The van der Waals surface area contributed by atoms with Crippen molar-refractivity contribution in [2.75, 3.05) is 12.4 Å². The van der Waals surface area contributed by atoms with Crippen molar-refractivity contribution in [3.05, 3.63) is 29.6 Å². The van der Waals surface area contributed by atoms with Gasteiger partial charge in [0.25, 0.3) is 5.91 Å². The van der Waals surface area contributed by atoms with Gasteiger partial charge in [0.05, 0.1) is 7.11 Å². The smallest absolute Gasteiger partial charge is 0.251 e. The van der Waals surface area contributed by atoms with Gasteiger partial charge in [-0.2, -0.15) is 0 Å². The fourth-order valence-corrected chi connectivity index (χ4v) is 1.95. The molecule has 1 aromatic rings. The molecule has 17 heavy (non-hydrogen) atoms. The molecular weight excluding hydrogens is 289 g/mol. The van der Waals surface area contributed by atoms with Crippen LogP contribution in [-0.2, 0) is 0 Å². The van der Waals surface area contributed by atoms with Gasteiger partial charge in [0.15, 0.2) is 11.6 Å². The highest BCUT2D eigenvalue weighted by Crippen LogP contribution is 2.17. The van der Waals surface area contributed by atoms with E-state index in [-0.39, 0.29) is 17.7 Å². The molecule has 0 fully saturated rings. The van der Waals surface area contributed by atoms with Crippen LogP contribution in [0.15, 0.2) is 18.2 Å². The van der Waals surface area contributed by atoms with Crippen LogP contribution in [0.5, 0.6) is 5.75 Å². The number of carbonyl (C=O) groups excluding carboxylic acids is 1. The van der Waals surface area contributed by atoms with Crippen LogP contribution in [0, 0.1) is 5.82 Å². The van der Waals surface area contributed by atoms with Crippen LogP contribution in [0.4, 0.5) is 4.39 Å². The number of halogens is 2. The van der Waals surface area contributed by atoms with Crippen molar-refractivity contribution >= 4 is 21.8 Å². The van der Waals surface area contributed by atoms with Gasteiger partial charge < -0.3 is 10.1 Å². The molecule has 3 nitrogen and oxygen atoms in total. The first kappa shape index (κ1) is 14.0. The molecule has 1 N–H and O–H groups in total. The third-order valence-electron chi connectivity index (χ3n) is 2.43. The predicted octanol–water partition coefficient (Wildman–Crippen LogP) is 2.74. The van der Waals surface area contributed by atoms with Crippen molar-refractivity contribution in [3.8, 4) is 5.75 Å². The second kappa shape index (κ2) is 6.59. The van der Waals surface area contributed by atoms with Gasteiger partial charge in [-0.15, -0.1) is 0 Å². The second-order valence-electron chi connectivity index (χ2n) is 3.58. The summed E-state index contributed by atoms with van der Waals surface area (Å²) in [5, 5.41) is 3.48. The second-order valence-corrected chi connectivity index (χ2v) is 4.23. The van der Waals surface area contributed by atoms with E-state index in [4.69, 9.17) is 4.74 Å². The normalized spacial score (nSPS) is 12.0. The minimum absolute atomic E-state index is 0.0488. The molecule has 1 unspecified atom stereocenters. The van der Waals surface area contributed by atoms with Gasteiger partial charge >= 0.3 is 0 Å². The number of methoxy groups -OCH3 is 1. The number of nitrogens with one attached hydrogen (secondary N) is 1. The monoisotopic (exact) mass is 303 g/mol. The van der Waals surface area contributed by atoms with Gasteiger partial charge in [0, 0.05) is 16.9 Å². The number of amides is 1. The zero-order valence-corrected chi connectivity index (χ0v) is 11.4. The van der Waals surface area contributed by atoms with E-state index < -0.39 is 5.82 Å². The molecule has 0 bridgehead atoms. The molecule has 94 valence electrons. The van der Waals surface area contributed by atoms with Gasteiger partial charge in [0.1, 0.15) is 0 Å². The Morgan fingerprint density at radius 1 is 1.59 bits per heavy atom. The fraction of sp³-hybridized carbons (Fsp3) is 0.417. The lowest BCUT2D eigenvalue weighted by molar-refractivity contribution is 0.0939. The highest BCUT2D eigenvalue weighted by molar-refractivity contribution is 9.09. The predicted molar refractivity (Wildman–Crippen MR) is 68.3 cm³/mol. The largest absolute Gasteiger partial charge is 0.494 e. The Morgan fingerprint density at radius 2 is 2.29 bits per heavy atom. The van der Waals surface area contributed by atoms with Crippen LogP contribution < -0.4 is 10.1 Å². The third-order valence-corrected chi connectivity index (χ3v) is 3.21. The van der Waals surface area contributed by atoms with Gasteiger partial charge in [-0.25, -0.2) is 4.39 Å². The van der Waals surface area contributed by atoms with Crippen LogP contribution >= 0.6 is 15.9 Å². The Morgan fingerprint density at radius 3 is 2.76 bits per heavy atom. The lowest BCUT2D eigenvalue weighted by atomic mass is 10.1. The zero-order chi connectivity index (χ0) is 12.8. The molecule has 0 aliphatic heterocycles. The van der Waals surface area contributed by atoms with E-state index in [1.807, 2.05) is 6.92 Å². The van der Waals surface area contributed by atoms with Crippen molar-refractivity contribution in [2.45, 2.75) is 19.4 Å². The topological polar surface area (TPSA) is 38.3 Å². The first-order valence-corrected chi connectivity index (χ1v) is 6.44. The highest BCUT2D eigenvalue weighted by Gasteiger charge is 2.13. The number of alkyl halides is 1. The summed E-state index contributed by atoms with van der Waals surface area (Å²) in [6.07, 6.45) is 0.815. The summed E-state index contributed by atoms with van der Waals surface area (Å²) < 4.78 is 18.2. The van der Waals surface area contributed by atoms with Gasteiger partial charge in [-0.1, -0.05) is 22.9 Å². The van der Waals surface area contributed by atoms with E-state index >= 15 is 0 Å². The maximum Gasteiger partial charge on any atom is 0.251 e. The van der Waals surface area contributed by atoms with Gasteiger partial charge in [-0.3, -0.25) is 4.79 Å². The standard InChI is InChI=1S/C12H15BrFNO2/c1-3-9(7-13)15-12(16)8-4-5-11(17-2)10(14)6-8/h4-6,9H,3,7H2,1-2H3,(H,15,16). The van der Waals surface area contributed by atoms with Crippen LogP contribution in [-0.4, -0.2) is 24.4 Å². The number of rotatable bonds is 5. The SMILES string of the molecule is CCC(CBr)NC(=O)c1ccc(OC)c(F)c1. The van der Waals surface area contributed by atoms with Gasteiger partial charge in [0.2, 0.25) is 0 Å². The summed E-state index contributed by atoms with van der Waals surface area (Å²) >= 11 is 3.31. The Balaban J connectivity index is 2.79. The van der Waals surface area contributed by atoms with E-state index in [1.54, 1.807) is 0 Å². The van der Waals surface area contributed by atoms with Crippen LogP contribution in [0.2, 0.25) is 0 Å². The number of benzene rings is 1. The summed E-state index contributed by atoms with van der Waals surface area (Å²) in [7, 11) is 1.39. The summed E-state index contributed by atoms with van der Waals surface area (Å²) in [5.74, 6) is -0.682. The summed E-state index contributed by atoms with van der Waals surface area (Å²) in [6.45, 7) is 1.97. The molecule has 0 heterocycles. The lowest BCUT2D eigenvalue weighted by Gasteiger charge is -2.14. The van der Waals surface area contributed by atoms with Crippen LogP contribution in [0.3, 0.4) is 0 Å². The maximum atomic E-state index is 13.4. The minimum Gasteiger partial charge on any atom is -0.494 e. The highest BCUT2D eigenvalue weighted by atomic mass is 79.9. The lowest BCUT2D eigenvalue weighted by Crippen LogP contribution is -2.35. The summed E-state index contributed by atoms with van der Waals surface area (Å²) in [5.41, 5.74) is 0.294. The zero-order valence-electron chi connectivity index (χ0n) is 9.80. The molecule has 0 radical (unpaired) electrons. The molecule has 5 heteroatoms. The minimum atomic E-state index is -0.535. The molecule has 1 amide bonds. The van der Waals surface area contributed by atoms with Crippen LogP contribution in [0.25, 0.3) is 0 Å². The fourth-order valence-electron chi connectivity index (χ4n) is 1.33. The molecule has 0 aromatic heterocycles. The molecule has 1 rings (SSSR count). The molecule has 1 aromatic carbocycles. The van der Waals surface area contributed by atoms with E-state index in [1.165, 1.54) is 25.3 Å².